The van der Waals surface area contributed by atoms with Crippen molar-refractivity contribution in [2.45, 2.75) is 31.4 Å². The Hall–Kier alpha value is -2.51. The third kappa shape index (κ3) is 6.51. The largest absolute Gasteiger partial charge is 0.497 e. The summed E-state index contributed by atoms with van der Waals surface area (Å²) in [6, 6.07) is 11.8. The van der Waals surface area contributed by atoms with Crippen LogP contribution in [0.3, 0.4) is 0 Å². The summed E-state index contributed by atoms with van der Waals surface area (Å²) in [6.45, 7) is 3.43. The van der Waals surface area contributed by atoms with Crippen LogP contribution in [0, 0.1) is 0 Å². The van der Waals surface area contributed by atoms with Crippen LogP contribution < -0.4 is 15.4 Å². The number of benzene rings is 1. The number of methoxy groups -OCH3 is 2. The first-order valence-electron chi connectivity index (χ1n) is 10.0. The molecule has 7 heteroatoms. The van der Waals surface area contributed by atoms with Gasteiger partial charge in [0, 0.05) is 52.7 Å². The second-order valence-electron chi connectivity index (χ2n) is 7.12. The van der Waals surface area contributed by atoms with Crippen molar-refractivity contribution in [1.29, 1.82) is 0 Å². The zero-order valence-electron chi connectivity index (χ0n) is 17.3. The van der Waals surface area contributed by atoms with Crippen LogP contribution in [0.1, 0.15) is 24.2 Å². The van der Waals surface area contributed by atoms with Crippen molar-refractivity contribution in [2.24, 2.45) is 4.99 Å². The van der Waals surface area contributed by atoms with Crippen LogP contribution in [-0.2, 0) is 22.4 Å². The van der Waals surface area contributed by atoms with Crippen molar-refractivity contribution in [3.63, 3.8) is 0 Å². The third-order valence-corrected chi connectivity index (χ3v) is 5.24. The van der Waals surface area contributed by atoms with Gasteiger partial charge in [-0.05, 0) is 29.8 Å². The van der Waals surface area contributed by atoms with Gasteiger partial charge in [-0.3, -0.25) is 0 Å². The average molecular weight is 402 g/mol. The minimum absolute atomic E-state index is 0.220. The van der Waals surface area contributed by atoms with E-state index in [1.807, 2.05) is 36.4 Å². The van der Waals surface area contributed by atoms with Gasteiger partial charge < -0.3 is 29.3 Å². The molecule has 2 N–H and O–H groups in total. The molecule has 0 unspecified atom stereocenters. The fourth-order valence-corrected chi connectivity index (χ4v) is 3.28. The van der Waals surface area contributed by atoms with Gasteiger partial charge in [0.15, 0.2) is 5.96 Å². The fourth-order valence-electron chi connectivity index (χ4n) is 3.28. The summed E-state index contributed by atoms with van der Waals surface area (Å²) in [6.07, 6.45) is 4.22. The summed E-state index contributed by atoms with van der Waals surface area (Å²) in [5, 5.41) is 6.86. The van der Waals surface area contributed by atoms with E-state index in [4.69, 9.17) is 23.6 Å². The Bertz CT molecular complexity index is 738. The number of nitrogens with one attached hydrogen (secondary N) is 2. The van der Waals surface area contributed by atoms with Crippen LogP contribution in [-0.4, -0.2) is 52.1 Å². The van der Waals surface area contributed by atoms with Crippen molar-refractivity contribution in [3.8, 4) is 5.75 Å². The Labute approximate surface area is 172 Å². The van der Waals surface area contributed by atoms with Crippen molar-refractivity contribution in [2.75, 3.05) is 40.5 Å². The molecule has 3 rings (SSSR count). The highest BCUT2D eigenvalue weighted by molar-refractivity contribution is 5.79. The second-order valence-corrected chi connectivity index (χ2v) is 7.12. The first-order valence-corrected chi connectivity index (χ1v) is 10.0. The number of ether oxygens (including phenoxy) is 3. The van der Waals surface area contributed by atoms with E-state index >= 15 is 0 Å². The molecule has 29 heavy (non-hydrogen) atoms. The molecule has 0 saturated carbocycles. The lowest BCUT2D eigenvalue weighted by Crippen LogP contribution is -2.51. The number of rotatable bonds is 9. The third-order valence-electron chi connectivity index (χ3n) is 5.24. The quantitative estimate of drug-likeness (QED) is 0.497. The Morgan fingerprint density at radius 1 is 1.10 bits per heavy atom. The molecule has 0 atom stereocenters. The first kappa shape index (κ1) is 21.2. The van der Waals surface area contributed by atoms with Gasteiger partial charge >= 0.3 is 0 Å². The molecule has 1 aromatic heterocycles. The summed E-state index contributed by atoms with van der Waals surface area (Å²) in [5.41, 5.74) is 0.896. The highest BCUT2D eigenvalue weighted by Crippen LogP contribution is 2.23. The van der Waals surface area contributed by atoms with Crippen molar-refractivity contribution < 1.29 is 18.6 Å². The van der Waals surface area contributed by atoms with Crippen LogP contribution in [0.2, 0.25) is 0 Å². The SMILES string of the molecule is COc1ccc(CN=C(NCCc2ccco2)NCC2(OC)CCOCC2)cc1. The van der Waals surface area contributed by atoms with Crippen LogP contribution in [0.25, 0.3) is 0 Å². The van der Waals surface area contributed by atoms with Gasteiger partial charge in [-0.25, -0.2) is 4.99 Å². The van der Waals surface area contributed by atoms with Crippen LogP contribution in [0.4, 0.5) is 0 Å². The molecule has 1 saturated heterocycles. The molecule has 158 valence electrons. The van der Waals surface area contributed by atoms with Crippen molar-refractivity contribution >= 4 is 5.96 Å². The first-order chi connectivity index (χ1) is 14.2. The highest BCUT2D eigenvalue weighted by atomic mass is 16.5. The minimum atomic E-state index is -0.220. The molecule has 2 heterocycles. The molecule has 0 aliphatic carbocycles. The van der Waals surface area contributed by atoms with Crippen LogP contribution in [0.5, 0.6) is 5.75 Å². The number of guanidine groups is 1. The molecular formula is C22H31N3O4. The standard InChI is InChI=1S/C22H31N3O4/c1-26-19-7-5-18(6-8-19)16-24-21(23-12-9-20-4-3-13-29-20)25-17-22(27-2)10-14-28-15-11-22/h3-8,13H,9-12,14-17H2,1-2H3,(H2,23,24,25). The van der Waals surface area contributed by atoms with E-state index in [9.17, 15) is 0 Å². The molecule has 0 radical (unpaired) electrons. The van der Waals surface area contributed by atoms with Gasteiger partial charge in [-0.1, -0.05) is 12.1 Å². The molecule has 1 fully saturated rings. The number of nitrogens with zero attached hydrogens (tertiary/aromatic N) is 1. The maximum absolute atomic E-state index is 5.83. The Morgan fingerprint density at radius 3 is 2.55 bits per heavy atom. The molecule has 1 aliphatic heterocycles. The van der Waals surface area contributed by atoms with E-state index < -0.39 is 0 Å². The van der Waals surface area contributed by atoms with Crippen LogP contribution in [0.15, 0.2) is 52.1 Å². The van der Waals surface area contributed by atoms with E-state index in [0.717, 1.165) is 62.1 Å². The predicted octanol–water partition coefficient (Wildman–Crippen LogP) is 2.76. The number of aliphatic imine (C=N–C) groups is 1. The molecule has 0 bridgehead atoms. The molecule has 2 aromatic rings. The summed E-state index contributed by atoms with van der Waals surface area (Å²) in [7, 11) is 3.44. The minimum Gasteiger partial charge on any atom is -0.497 e. The van der Waals surface area contributed by atoms with E-state index in [-0.39, 0.29) is 5.60 Å². The lowest BCUT2D eigenvalue weighted by atomic mass is 9.94. The lowest BCUT2D eigenvalue weighted by molar-refractivity contribution is -0.0855. The summed E-state index contributed by atoms with van der Waals surface area (Å²) in [5.74, 6) is 2.55. The number of hydrogen-bond acceptors (Lipinski definition) is 5. The van der Waals surface area contributed by atoms with Crippen LogP contribution >= 0.6 is 0 Å². The number of furan rings is 1. The maximum Gasteiger partial charge on any atom is 0.191 e. The molecule has 7 nitrogen and oxygen atoms in total. The van der Waals surface area contributed by atoms with Gasteiger partial charge in [0.05, 0.1) is 25.5 Å². The Morgan fingerprint density at radius 2 is 1.90 bits per heavy atom. The van der Waals surface area contributed by atoms with E-state index in [1.54, 1.807) is 20.5 Å². The van der Waals surface area contributed by atoms with E-state index in [1.165, 1.54) is 0 Å². The molecule has 1 aliphatic rings. The van der Waals surface area contributed by atoms with Gasteiger partial charge in [0.1, 0.15) is 11.5 Å². The zero-order chi connectivity index (χ0) is 20.4. The van der Waals surface area contributed by atoms with Gasteiger partial charge in [0.2, 0.25) is 0 Å². The van der Waals surface area contributed by atoms with E-state index in [2.05, 4.69) is 10.6 Å². The van der Waals surface area contributed by atoms with Crippen molar-refractivity contribution in [1.82, 2.24) is 10.6 Å². The van der Waals surface area contributed by atoms with Gasteiger partial charge in [-0.2, -0.15) is 0 Å². The lowest BCUT2D eigenvalue weighted by Gasteiger charge is -2.36. The normalized spacial score (nSPS) is 16.4. The average Bonchev–Trinajstić information content (AvgIpc) is 3.30. The number of hydrogen-bond donors (Lipinski definition) is 2. The molecule has 1 aromatic carbocycles. The highest BCUT2D eigenvalue weighted by Gasteiger charge is 2.32. The smallest absolute Gasteiger partial charge is 0.191 e. The van der Waals surface area contributed by atoms with Gasteiger partial charge in [-0.15, -0.1) is 0 Å². The fraction of sp³-hybridized carbons (Fsp3) is 0.500. The topological polar surface area (TPSA) is 77.2 Å². The second kappa shape index (κ2) is 10.9. The molecular weight excluding hydrogens is 370 g/mol. The maximum atomic E-state index is 5.83. The van der Waals surface area contributed by atoms with Crippen molar-refractivity contribution in [3.05, 3.63) is 54.0 Å². The van der Waals surface area contributed by atoms with Gasteiger partial charge in [0.25, 0.3) is 0 Å². The zero-order valence-corrected chi connectivity index (χ0v) is 17.3. The Kier molecular flexibility index (Phi) is 7.95. The Balaban J connectivity index is 1.60. The molecule has 0 amide bonds. The summed E-state index contributed by atoms with van der Waals surface area (Å²) < 4.78 is 21.9. The summed E-state index contributed by atoms with van der Waals surface area (Å²) >= 11 is 0. The molecule has 0 spiro atoms. The van der Waals surface area contributed by atoms with E-state index in [0.29, 0.717) is 13.1 Å². The summed E-state index contributed by atoms with van der Waals surface area (Å²) in [4.78, 5) is 4.75. The monoisotopic (exact) mass is 401 g/mol. The predicted molar refractivity (Wildman–Crippen MR) is 112 cm³/mol.